The molecule has 1 N–H and O–H groups in total. The van der Waals surface area contributed by atoms with Crippen LogP contribution in [0.15, 0.2) is 30.3 Å². The fraction of sp³-hybridized carbons (Fsp3) is 0.500. The lowest BCUT2D eigenvalue weighted by Gasteiger charge is -2.24. The zero-order chi connectivity index (χ0) is 14.7. The van der Waals surface area contributed by atoms with Gasteiger partial charge in [-0.2, -0.15) is 0 Å². The average molecular weight is 283 g/mol. The van der Waals surface area contributed by atoms with Crippen LogP contribution in [-0.2, 0) is 0 Å². The van der Waals surface area contributed by atoms with Gasteiger partial charge in [-0.25, -0.2) is 0 Å². The Bertz CT molecular complexity index is 602. The summed E-state index contributed by atoms with van der Waals surface area (Å²) >= 11 is 0. The van der Waals surface area contributed by atoms with Gasteiger partial charge in [-0.05, 0) is 38.9 Å². The van der Waals surface area contributed by atoms with E-state index in [-0.39, 0.29) is 0 Å². The number of nitrogens with zero attached hydrogens (tertiary/aromatic N) is 2. The first-order valence-corrected chi connectivity index (χ1v) is 8.04. The number of anilines is 1. The molecule has 0 atom stereocenters. The average Bonchev–Trinajstić information content (AvgIpc) is 3.01. The van der Waals surface area contributed by atoms with E-state index in [1.807, 2.05) is 6.07 Å². The summed E-state index contributed by atoms with van der Waals surface area (Å²) in [7, 11) is 2.26. The molecular formula is C18H25N3. The highest BCUT2D eigenvalue weighted by Gasteiger charge is 2.18. The van der Waals surface area contributed by atoms with Gasteiger partial charge in [-0.15, -0.1) is 0 Å². The van der Waals surface area contributed by atoms with Gasteiger partial charge in [0.2, 0.25) is 0 Å². The molecule has 0 saturated heterocycles. The lowest BCUT2D eigenvalue weighted by Crippen LogP contribution is -2.33. The van der Waals surface area contributed by atoms with Crippen LogP contribution in [0, 0.1) is 6.92 Å². The number of nitrogens with one attached hydrogen (secondary N) is 1. The largest absolute Gasteiger partial charge is 0.383 e. The minimum Gasteiger partial charge on any atom is -0.383 e. The maximum Gasteiger partial charge on any atom is 0.0725 e. The Morgan fingerprint density at radius 1 is 1.24 bits per heavy atom. The minimum atomic E-state index is 0.794. The zero-order valence-corrected chi connectivity index (χ0v) is 13.1. The number of hydrogen-bond donors (Lipinski definition) is 1. The van der Waals surface area contributed by atoms with E-state index in [1.165, 1.54) is 36.8 Å². The molecule has 0 amide bonds. The van der Waals surface area contributed by atoms with E-state index in [0.717, 1.165) is 30.3 Å². The van der Waals surface area contributed by atoms with E-state index in [1.54, 1.807) is 0 Å². The first-order valence-electron chi connectivity index (χ1n) is 8.04. The summed E-state index contributed by atoms with van der Waals surface area (Å²) in [5.74, 6) is 0. The van der Waals surface area contributed by atoms with Crippen molar-refractivity contribution in [1.82, 2.24) is 9.88 Å². The van der Waals surface area contributed by atoms with Crippen molar-refractivity contribution in [2.45, 2.75) is 38.6 Å². The van der Waals surface area contributed by atoms with Gasteiger partial charge in [0, 0.05) is 35.9 Å². The number of hydrogen-bond acceptors (Lipinski definition) is 3. The third-order valence-electron chi connectivity index (χ3n) is 4.57. The molecule has 1 aliphatic rings. The number of benzene rings is 1. The van der Waals surface area contributed by atoms with Crippen LogP contribution in [0.25, 0.3) is 10.9 Å². The molecular weight excluding hydrogens is 258 g/mol. The van der Waals surface area contributed by atoms with E-state index in [9.17, 15) is 0 Å². The van der Waals surface area contributed by atoms with Gasteiger partial charge in [0.15, 0.2) is 0 Å². The maximum absolute atomic E-state index is 4.59. The molecule has 1 fully saturated rings. The predicted octanol–water partition coefficient (Wildman–Crippen LogP) is 3.83. The van der Waals surface area contributed by atoms with Crippen molar-refractivity contribution in [2.24, 2.45) is 0 Å². The van der Waals surface area contributed by atoms with E-state index in [4.69, 9.17) is 0 Å². The van der Waals surface area contributed by atoms with Crippen molar-refractivity contribution in [3.8, 4) is 0 Å². The number of rotatable bonds is 5. The summed E-state index contributed by atoms with van der Waals surface area (Å²) in [5, 5.41) is 4.82. The molecule has 1 aromatic carbocycles. The molecule has 2 aromatic rings. The third-order valence-corrected chi connectivity index (χ3v) is 4.57. The first-order chi connectivity index (χ1) is 10.2. The summed E-state index contributed by atoms with van der Waals surface area (Å²) in [6.07, 6.45) is 5.54. The van der Waals surface area contributed by atoms with Crippen molar-refractivity contribution in [2.75, 3.05) is 25.5 Å². The molecule has 0 radical (unpaired) electrons. The predicted molar refractivity (Wildman–Crippen MR) is 89.9 cm³/mol. The van der Waals surface area contributed by atoms with E-state index in [0.29, 0.717) is 0 Å². The molecule has 0 bridgehead atoms. The molecule has 21 heavy (non-hydrogen) atoms. The molecule has 3 rings (SSSR count). The molecule has 1 aromatic heterocycles. The van der Waals surface area contributed by atoms with Crippen molar-refractivity contribution >= 4 is 16.6 Å². The smallest absolute Gasteiger partial charge is 0.0725 e. The van der Waals surface area contributed by atoms with Crippen molar-refractivity contribution < 1.29 is 0 Å². The summed E-state index contributed by atoms with van der Waals surface area (Å²) in [6, 6.07) is 11.3. The Hall–Kier alpha value is -1.61. The highest BCUT2D eigenvalue weighted by atomic mass is 15.1. The van der Waals surface area contributed by atoms with Gasteiger partial charge < -0.3 is 10.2 Å². The third kappa shape index (κ3) is 3.35. The number of pyridine rings is 1. The molecule has 0 aliphatic heterocycles. The quantitative estimate of drug-likeness (QED) is 0.904. The molecule has 3 heteroatoms. The van der Waals surface area contributed by atoms with Gasteiger partial charge in [0.25, 0.3) is 0 Å². The van der Waals surface area contributed by atoms with Crippen LogP contribution < -0.4 is 5.32 Å². The molecule has 1 aliphatic carbocycles. The summed E-state index contributed by atoms with van der Waals surface area (Å²) < 4.78 is 0. The monoisotopic (exact) mass is 283 g/mol. The minimum absolute atomic E-state index is 0.794. The van der Waals surface area contributed by atoms with Gasteiger partial charge >= 0.3 is 0 Å². The number of fused-ring (bicyclic) bond motifs is 1. The van der Waals surface area contributed by atoms with Gasteiger partial charge in [-0.3, -0.25) is 4.98 Å². The first kappa shape index (κ1) is 14.3. The van der Waals surface area contributed by atoms with Crippen LogP contribution in [0.1, 0.15) is 31.4 Å². The van der Waals surface area contributed by atoms with Crippen LogP contribution >= 0.6 is 0 Å². The zero-order valence-electron chi connectivity index (χ0n) is 13.1. The van der Waals surface area contributed by atoms with E-state index < -0.39 is 0 Å². The Kier molecular flexibility index (Phi) is 4.39. The van der Waals surface area contributed by atoms with Crippen molar-refractivity contribution in [1.29, 1.82) is 0 Å². The SMILES string of the molecule is Cc1cc(NCCN(C)C2CCCC2)c2ccccc2n1. The summed E-state index contributed by atoms with van der Waals surface area (Å²) in [5.41, 5.74) is 3.35. The van der Waals surface area contributed by atoms with E-state index in [2.05, 4.69) is 53.4 Å². The van der Waals surface area contributed by atoms with Gasteiger partial charge in [-0.1, -0.05) is 31.0 Å². The molecule has 0 unspecified atom stereocenters. The topological polar surface area (TPSA) is 28.2 Å². The second-order valence-corrected chi connectivity index (χ2v) is 6.17. The normalized spacial score (nSPS) is 16.0. The number of aryl methyl sites for hydroxylation is 1. The second kappa shape index (κ2) is 6.44. The molecule has 1 saturated carbocycles. The number of likely N-dealkylation sites (N-methyl/N-ethyl adjacent to an activating group) is 1. The number of aromatic nitrogens is 1. The molecule has 1 heterocycles. The number of para-hydroxylation sites is 1. The van der Waals surface area contributed by atoms with Crippen molar-refractivity contribution in [3.63, 3.8) is 0 Å². The Morgan fingerprint density at radius 3 is 2.81 bits per heavy atom. The van der Waals surface area contributed by atoms with Crippen LogP contribution in [-0.4, -0.2) is 36.1 Å². The highest BCUT2D eigenvalue weighted by Crippen LogP contribution is 2.24. The molecule has 112 valence electrons. The maximum atomic E-state index is 4.59. The van der Waals surface area contributed by atoms with Crippen molar-refractivity contribution in [3.05, 3.63) is 36.0 Å². The van der Waals surface area contributed by atoms with Crippen LogP contribution in [0.5, 0.6) is 0 Å². The summed E-state index contributed by atoms with van der Waals surface area (Å²) in [4.78, 5) is 7.10. The Labute approximate surface area is 127 Å². The van der Waals surface area contributed by atoms with E-state index >= 15 is 0 Å². The lowest BCUT2D eigenvalue weighted by atomic mass is 10.1. The fourth-order valence-electron chi connectivity index (χ4n) is 3.35. The summed E-state index contributed by atoms with van der Waals surface area (Å²) in [6.45, 7) is 4.14. The lowest BCUT2D eigenvalue weighted by molar-refractivity contribution is 0.254. The fourth-order valence-corrected chi connectivity index (χ4v) is 3.35. The Morgan fingerprint density at radius 2 is 2.00 bits per heavy atom. The van der Waals surface area contributed by atoms with Crippen LogP contribution in [0.2, 0.25) is 0 Å². The second-order valence-electron chi connectivity index (χ2n) is 6.17. The molecule has 0 spiro atoms. The van der Waals surface area contributed by atoms with Crippen LogP contribution in [0.4, 0.5) is 5.69 Å². The Balaban J connectivity index is 1.65. The van der Waals surface area contributed by atoms with Gasteiger partial charge in [0.05, 0.1) is 5.52 Å². The molecule has 3 nitrogen and oxygen atoms in total. The van der Waals surface area contributed by atoms with Crippen LogP contribution in [0.3, 0.4) is 0 Å². The standard InChI is InChI=1S/C18H25N3/c1-14-13-18(16-9-5-6-10-17(16)20-14)19-11-12-21(2)15-7-3-4-8-15/h5-6,9-10,13,15H,3-4,7-8,11-12H2,1-2H3,(H,19,20). The highest BCUT2D eigenvalue weighted by molar-refractivity contribution is 5.91. The van der Waals surface area contributed by atoms with Gasteiger partial charge in [0.1, 0.15) is 0 Å².